The smallest absolute Gasteiger partial charge is 0.251 e. The largest absolute Gasteiger partial charge is 0.378 e. The fourth-order valence-electron chi connectivity index (χ4n) is 3.66. The summed E-state index contributed by atoms with van der Waals surface area (Å²) in [7, 11) is 1.89. The highest BCUT2D eigenvalue weighted by Gasteiger charge is 2.12. The molecule has 5 rings (SSSR count). The predicted octanol–water partition coefficient (Wildman–Crippen LogP) is 2.45. The molecule has 2 N–H and O–H groups in total. The number of anilines is 1. The van der Waals surface area contributed by atoms with Gasteiger partial charge in [0.2, 0.25) is 0 Å². The lowest BCUT2D eigenvalue weighted by Crippen LogP contribution is -2.22. The van der Waals surface area contributed by atoms with Crippen LogP contribution in [0.4, 0.5) is 5.69 Å². The van der Waals surface area contributed by atoms with Gasteiger partial charge in [0.15, 0.2) is 11.6 Å². The summed E-state index contributed by atoms with van der Waals surface area (Å²) in [5, 5.41) is 18.9. The molecule has 0 fully saturated rings. The Balaban J connectivity index is 1.16. The molecule has 36 heavy (non-hydrogen) atoms. The number of hydrogen-bond acceptors (Lipinski definition) is 8. The molecule has 0 atom stereocenters. The highest BCUT2D eigenvalue weighted by molar-refractivity contribution is 5.95. The Morgan fingerprint density at radius 3 is 2.58 bits per heavy atom. The van der Waals surface area contributed by atoms with E-state index in [1.54, 1.807) is 29.3 Å². The lowest BCUT2D eigenvalue weighted by Gasteiger charge is -2.10. The van der Waals surface area contributed by atoms with Crippen LogP contribution in [0.15, 0.2) is 79.8 Å². The molecule has 0 aliphatic heterocycles. The van der Waals surface area contributed by atoms with Crippen molar-refractivity contribution in [1.29, 1.82) is 0 Å². The van der Waals surface area contributed by atoms with E-state index in [0.717, 1.165) is 22.6 Å². The van der Waals surface area contributed by atoms with Crippen LogP contribution in [0.3, 0.4) is 0 Å². The fraction of sp³-hybridized carbons (Fsp3) is 0.160. The Hall–Kier alpha value is -4.93. The van der Waals surface area contributed by atoms with Gasteiger partial charge in [-0.1, -0.05) is 30.3 Å². The maximum absolute atomic E-state index is 12.7. The number of nitrogens with one attached hydrogen (secondary N) is 2. The van der Waals surface area contributed by atoms with Crippen LogP contribution in [0.5, 0.6) is 0 Å². The van der Waals surface area contributed by atoms with Crippen molar-refractivity contribution < 1.29 is 4.79 Å². The van der Waals surface area contributed by atoms with E-state index in [1.807, 2.05) is 54.1 Å². The monoisotopic (exact) mass is 480 g/mol. The summed E-state index contributed by atoms with van der Waals surface area (Å²) >= 11 is 0. The number of carbonyl (C=O) groups excluding carboxylic acids is 1. The molecule has 0 unspecified atom stereocenters. The number of benzene rings is 2. The second-order valence-corrected chi connectivity index (χ2v) is 8.12. The van der Waals surface area contributed by atoms with E-state index in [1.165, 1.54) is 12.7 Å². The van der Waals surface area contributed by atoms with Gasteiger partial charge in [0.25, 0.3) is 5.91 Å². The minimum atomic E-state index is -0.143. The standard InChI is InChI=1S/C25H24N10O/c1-34-23(32-33-24(34)22-9-10-26-15-30-22)13-28-21-4-2-3-20(11-21)25(36)29-12-18-5-7-19(8-6-18)14-35-17-27-16-31-35/h2-11,15-17,28H,12-14H2,1H3,(H,29,36). The van der Waals surface area contributed by atoms with E-state index >= 15 is 0 Å². The van der Waals surface area contributed by atoms with Crippen molar-refractivity contribution in [2.24, 2.45) is 7.05 Å². The molecule has 11 heteroatoms. The fourth-order valence-corrected chi connectivity index (χ4v) is 3.66. The van der Waals surface area contributed by atoms with E-state index in [-0.39, 0.29) is 5.91 Å². The number of nitrogens with zero attached hydrogens (tertiary/aromatic N) is 8. The zero-order chi connectivity index (χ0) is 24.7. The van der Waals surface area contributed by atoms with E-state index < -0.39 is 0 Å². The van der Waals surface area contributed by atoms with Crippen molar-refractivity contribution in [1.82, 2.24) is 44.8 Å². The quantitative estimate of drug-likeness (QED) is 0.329. The van der Waals surface area contributed by atoms with Crippen LogP contribution in [-0.4, -0.2) is 45.4 Å². The van der Waals surface area contributed by atoms with Gasteiger partial charge in [0, 0.05) is 31.0 Å². The molecule has 1 amide bonds. The second-order valence-electron chi connectivity index (χ2n) is 8.12. The van der Waals surface area contributed by atoms with Crippen molar-refractivity contribution >= 4 is 11.6 Å². The summed E-state index contributed by atoms with van der Waals surface area (Å²) in [6.07, 6.45) is 6.35. The van der Waals surface area contributed by atoms with Gasteiger partial charge in [-0.3, -0.25) is 4.79 Å². The van der Waals surface area contributed by atoms with E-state index in [4.69, 9.17) is 0 Å². The molecule has 0 saturated heterocycles. The van der Waals surface area contributed by atoms with Crippen LogP contribution >= 0.6 is 0 Å². The van der Waals surface area contributed by atoms with Crippen LogP contribution < -0.4 is 10.6 Å². The lowest BCUT2D eigenvalue weighted by molar-refractivity contribution is 0.0951. The first kappa shape index (κ1) is 22.8. The highest BCUT2D eigenvalue weighted by atomic mass is 16.1. The van der Waals surface area contributed by atoms with Gasteiger partial charge >= 0.3 is 0 Å². The Bertz CT molecular complexity index is 1430. The van der Waals surface area contributed by atoms with Gasteiger partial charge in [-0.25, -0.2) is 19.6 Å². The van der Waals surface area contributed by atoms with Gasteiger partial charge in [-0.05, 0) is 35.4 Å². The normalized spacial score (nSPS) is 10.8. The molecule has 5 aromatic rings. The van der Waals surface area contributed by atoms with Crippen LogP contribution in [0.1, 0.15) is 27.3 Å². The molecule has 0 saturated carbocycles. The van der Waals surface area contributed by atoms with Crippen LogP contribution in [0.25, 0.3) is 11.5 Å². The minimum absolute atomic E-state index is 0.143. The van der Waals surface area contributed by atoms with E-state index in [9.17, 15) is 4.79 Å². The van der Waals surface area contributed by atoms with Crippen molar-refractivity contribution in [2.45, 2.75) is 19.6 Å². The third-order valence-electron chi connectivity index (χ3n) is 5.64. The number of aromatic nitrogens is 8. The summed E-state index contributed by atoms with van der Waals surface area (Å²) < 4.78 is 3.64. The maximum Gasteiger partial charge on any atom is 0.251 e. The second kappa shape index (κ2) is 10.6. The van der Waals surface area contributed by atoms with Gasteiger partial charge in [0.05, 0.1) is 13.1 Å². The Labute approximate surface area is 207 Å². The third kappa shape index (κ3) is 5.41. The predicted molar refractivity (Wildman–Crippen MR) is 133 cm³/mol. The van der Waals surface area contributed by atoms with Gasteiger partial charge < -0.3 is 15.2 Å². The lowest BCUT2D eigenvalue weighted by atomic mass is 10.1. The molecule has 180 valence electrons. The van der Waals surface area contributed by atoms with Gasteiger partial charge in [-0.15, -0.1) is 10.2 Å². The van der Waals surface area contributed by atoms with Crippen LogP contribution in [-0.2, 0) is 26.7 Å². The maximum atomic E-state index is 12.7. The molecule has 3 heterocycles. The molecule has 0 radical (unpaired) electrons. The van der Waals surface area contributed by atoms with Crippen LogP contribution in [0.2, 0.25) is 0 Å². The summed E-state index contributed by atoms with van der Waals surface area (Å²) in [5.74, 6) is 1.26. The average molecular weight is 481 g/mol. The Morgan fingerprint density at radius 1 is 0.944 bits per heavy atom. The van der Waals surface area contributed by atoms with Crippen molar-refractivity contribution in [3.8, 4) is 11.5 Å². The first-order valence-electron chi connectivity index (χ1n) is 11.3. The SMILES string of the molecule is Cn1c(CNc2cccc(C(=O)NCc3ccc(Cn4cncn4)cc3)c2)nnc1-c1ccncn1. The molecular formula is C25H24N10O. The minimum Gasteiger partial charge on any atom is -0.378 e. The van der Waals surface area contributed by atoms with Crippen LogP contribution in [0, 0.1) is 0 Å². The molecule has 0 bridgehead atoms. The Kier molecular flexibility index (Phi) is 6.70. The molecule has 0 spiro atoms. The number of rotatable bonds is 9. The number of hydrogen-bond donors (Lipinski definition) is 2. The molecule has 0 aliphatic carbocycles. The van der Waals surface area contributed by atoms with E-state index in [2.05, 4.69) is 40.9 Å². The van der Waals surface area contributed by atoms with Gasteiger partial charge in [-0.2, -0.15) is 5.10 Å². The summed E-state index contributed by atoms with van der Waals surface area (Å²) in [4.78, 5) is 24.9. The Morgan fingerprint density at radius 2 is 1.81 bits per heavy atom. The molecule has 3 aromatic heterocycles. The first-order chi connectivity index (χ1) is 17.7. The summed E-state index contributed by atoms with van der Waals surface area (Å²) in [6.45, 7) is 1.54. The number of amides is 1. The first-order valence-corrected chi connectivity index (χ1v) is 11.3. The summed E-state index contributed by atoms with van der Waals surface area (Å²) in [6, 6.07) is 17.2. The molecular weight excluding hydrogens is 456 g/mol. The van der Waals surface area contributed by atoms with Crippen molar-refractivity contribution in [3.63, 3.8) is 0 Å². The number of carbonyl (C=O) groups is 1. The highest BCUT2D eigenvalue weighted by Crippen LogP contribution is 2.16. The van der Waals surface area contributed by atoms with Crippen molar-refractivity contribution in [2.75, 3.05) is 5.32 Å². The van der Waals surface area contributed by atoms with E-state index in [0.29, 0.717) is 36.7 Å². The van der Waals surface area contributed by atoms with Gasteiger partial charge in [0.1, 0.15) is 24.7 Å². The molecule has 0 aliphatic rings. The summed E-state index contributed by atoms with van der Waals surface area (Å²) in [5.41, 5.74) is 4.21. The van der Waals surface area contributed by atoms with Crippen molar-refractivity contribution in [3.05, 3.63) is 102 Å². The average Bonchev–Trinajstić information content (AvgIpc) is 3.57. The third-order valence-corrected chi connectivity index (χ3v) is 5.64. The topological polar surface area (TPSA) is 128 Å². The zero-order valence-corrected chi connectivity index (χ0v) is 19.6. The molecule has 11 nitrogen and oxygen atoms in total. The zero-order valence-electron chi connectivity index (χ0n) is 19.6. The molecule has 2 aromatic carbocycles.